The third-order valence-electron chi connectivity index (χ3n) is 4.33. The summed E-state index contributed by atoms with van der Waals surface area (Å²) in [7, 11) is 0. The number of carbonyl (C=O) groups is 2. The smallest absolute Gasteiger partial charge is 0.328 e. The molecule has 0 radical (unpaired) electrons. The van der Waals surface area contributed by atoms with E-state index in [1.54, 1.807) is 30.5 Å². The molecule has 6 N–H and O–H groups in total. The van der Waals surface area contributed by atoms with Gasteiger partial charge in [-0.05, 0) is 24.3 Å². The summed E-state index contributed by atoms with van der Waals surface area (Å²) in [5.74, 6) is -1.09. The molecule has 0 bridgehead atoms. The predicted octanol–water partition coefficient (Wildman–Crippen LogP) is 0.250. The normalized spacial score (nSPS) is 11.1. The number of hydrogen-bond donors (Lipinski definition) is 4. The first-order chi connectivity index (χ1) is 16.0. The van der Waals surface area contributed by atoms with Gasteiger partial charge in [0.25, 0.3) is 11.5 Å². The maximum absolute atomic E-state index is 12.5. The summed E-state index contributed by atoms with van der Waals surface area (Å²) in [4.78, 5) is 44.3. The lowest BCUT2D eigenvalue weighted by Crippen LogP contribution is -2.50. The predicted molar refractivity (Wildman–Crippen MR) is 123 cm³/mol. The van der Waals surface area contributed by atoms with E-state index in [2.05, 4.69) is 37.9 Å². The Kier molecular flexibility index (Phi) is 10.1. The van der Waals surface area contributed by atoms with E-state index in [1.165, 1.54) is 29.2 Å². The lowest BCUT2D eigenvalue weighted by molar-refractivity contribution is -0.368. The van der Waals surface area contributed by atoms with Gasteiger partial charge in [0.1, 0.15) is 11.8 Å². The number of nitrogens with one attached hydrogen (secondary N) is 2. The Bertz CT molecular complexity index is 1130. The average molecular weight is 478 g/mol. The first kappa shape index (κ1) is 25.6. The molecule has 1 atom stereocenters. The Labute approximate surface area is 194 Å². The highest BCUT2D eigenvalue weighted by molar-refractivity contribution is 6.15. The number of amides is 1. The average Bonchev–Trinajstić information content (AvgIpc) is 2.83. The Balaban J connectivity index is 0.00000187. The van der Waals surface area contributed by atoms with Crippen LogP contribution in [0.4, 0.5) is 5.95 Å². The molecule has 176 valence electrons. The van der Waals surface area contributed by atoms with Gasteiger partial charge in [-0.1, -0.05) is 0 Å². The van der Waals surface area contributed by atoms with Gasteiger partial charge in [-0.3, -0.25) is 14.0 Å². The van der Waals surface area contributed by atoms with E-state index in [-0.39, 0.29) is 18.1 Å². The zero-order valence-electron chi connectivity index (χ0n) is 18.0. The summed E-state index contributed by atoms with van der Waals surface area (Å²) in [6.07, 6.45) is 6.76. The molecule has 1 unspecified atom stereocenters. The Morgan fingerprint density at radius 2 is 1.97 bits per heavy atom. The van der Waals surface area contributed by atoms with E-state index in [0.29, 0.717) is 17.9 Å². The summed E-state index contributed by atoms with van der Waals surface area (Å²) in [6, 6.07) is 6.56. The monoisotopic (exact) mass is 477 g/mol. The Hall–Kier alpha value is -3.70. The molecule has 0 spiro atoms. The number of carboxylic acid groups (broad SMARTS) is 1. The minimum absolute atomic E-state index is 0.121. The molecule has 3 heterocycles. The number of hydrogen-bond acceptors (Lipinski definition) is 7. The van der Waals surface area contributed by atoms with Crippen LogP contribution in [0.1, 0.15) is 16.8 Å². The number of carbonyl (C=O) groups excluding carboxylic acids is 1. The molecular weight excluding hydrogens is 452 g/mol. The van der Waals surface area contributed by atoms with E-state index >= 15 is 0 Å². The molecule has 12 heteroatoms. The molecule has 1 amide bonds. The number of quaternary nitrogens is 1. The van der Waals surface area contributed by atoms with Crippen LogP contribution in [0.15, 0.2) is 53.7 Å². The molecule has 0 fully saturated rings. The van der Waals surface area contributed by atoms with Gasteiger partial charge in [-0.2, -0.15) is 0 Å². The van der Waals surface area contributed by atoms with Crippen molar-refractivity contribution in [1.82, 2.24) is 19.7 Å². The highest BCUT2D eigenvalue weighted by Crippen LogP contribution is 2.13. The third kappa shape index (κ3) is 7.44. The van der Waals surface area contributed by atoms with Crippen LogP contribution in [0.25, 0.3) is 5.52 Å². The SMILES string of the molecule is CCl.[NH3+]CCCOc1ccc2cc(C(=O)NCC(Nc3ncccn3)C(=O)O)cc(=O)n2c1. The standard InChI is InChI=1S/C20H22N6O5.CH3Cl/c21-5-1-8-31-15-4-3-14-9-13(10-17(27)26(14)12-15)18(28)24-11-16(19(29)30)25-20-22-6-2-7-23-20;1-2/h2-4,6-7,9-10,12,16H,1,5,8,11,21H2,(H,24,28)(H,29,30)(H,22,23,25);1H3/p+1. The van der Waals surface area contributed by atoms with Crippen molar-refractivity contribution in [1.29, 1.82) is 0 Å². The van der Waals surface area contributed by atoms with Crippen LogP contribution in [-0.2, 0) is 4.79 Å². The van der Waals surface area contributed by atoms with Crippen molar-refractivity contribution in [3.63, 3.8) is 0 Å². The zero-order chi connectivity index (χ0) is 24.2. The summed E-state index contributed by atoms with van der Waals surface area (Å²) in [5, 5.41) is 14.5. The molecule has 3 aromatic rings. The highest BCUT2D eigenvalue weighted by atomic mass is 35.5. The second-order valence-electron chi connectivity index (χ2n) is 6.62. The van der Waals surface area contributed by atoms with Gasteiger partial charge in [0, 0.05) is 48.9 Å². The first-order valence-electron chi connectivity index (χ1n) is 9.99. The number of rotatable bonds is 10. The van der Waals surface area contributed by atoms with Crippen molar-refractivity contribution in [3.05, 3.63) is 64.8 Å². The number of pyridine rings is 2. The number of aliphatic carboxylic acids is 1. The molecule has 33 heavy (non-hydrogen) atoms. The van der Waals surface area contributed by atoms with Crippen LogP contribution in [-0.4, -0.2) is 63.5 Å². The van der Waals surface area contributed by atoms with Crippen LogP contribution in [0, 0.1) is 0 Å². The zero-order valence-corrected chi connectivity index (χ0v) is 18.8. The second kappa shape index (κ2) is 13.0. The number of carboxylic acids is 1. The minimum Gasteiger partial charge on any atom is -0.492 e. The Morgan fingerprint density at radius 1 is 1.24 bits per heavy atom. The molecule has 0 saturated heterocycles. The fourth-order valence-corrected chi connectivity index (χ4v) is 2.74. The van der Waals surface area contributed by atoms with Crippen LogP contribution in [0.3, 0.4) is 0 Å². The van der Waals surface area contributed by atoms with Crippen LogP contribution in [0.2, 0.25) is 0 Å². The van der Waals surface area contributed by atoms with E-state index in [0.717, 1.165) is 13.0 Å². The number of anilines is 1. The van der Waals surface area contributed by atoms with Gasteiger partial charge < -0.3 is 26.2 Å². The first-order valence-corrected chi connectivity index (χ1v) is 10.7. The summed E-state index contributed by atoms with van der Waals surface area (Å²) < 4.78 is 6.95. The number of aromatic nitrogens is 3. The molecule has 0 aliphatic heterocycles. The van der Waals surface area contributed by atoms with Crippen molar-refractivity contribution in [3.8, 4) is 5.75 Å². The molecule has 3 rings (SSSR count). The van der Waals surface area contributed by atoms with Crippen molar-refractivity contribution >= 4 is 34.9 Å². The largest absolute Gasteiger partial charge is 0.492 e. The van der Waals surface area contributed by atoms with Crippen LogP contribution >= 0.6 is 11.6 Å². The van der Waals surface area contributed by atoms with Gasteiger partial charge in [-0.15, -0.1) is 11.6 Å². The lowest BCUT2D eigenvalue weighted by Gasteiger charge is -2.15. The molecule has 0 aliphatic carbocycles. The van der Waals surface area contributed by atoms with E-state index in [4.69, 9.17) is 4.74 Å². The van der Waals surface area contributed by atoms with Crippen LogP contribution < -0.4 is 26.7 Å². The van der Waals surface area contributed by atoms with Crippen molar-refractivity contribution < 1.29 is 25.2 Å². The molecular formula is C21H26ClN6O5+. The number of halogens is 1. The second-order valence-corrected chi connectivity index (χ2v) is 6.62. The maximum Gasteiger partial charge on any atom is 0.328 e. The molecule has 11 nitrogen and oxygen atoms in total. The van der Waals surface area contributed by atoms with E-state index in [1.807, 2.05) is 0 Å². The fraction of sp³-hybridized carbons (Fsp3) is 0.286. The minimum atomic E-state index is -1.18. The highest BCUT2D eigenvalue weighted by Gasteiger charge is 2.20. The fourth-order valence-electron chi connectivity index (χ4n) is 2.74. The van der Waals surface area contributed by atoms with Gasteiger partial charge in [0.05, 0.1) is 19.3 Å². The van der Waals surface area contributed by atoms with Gasteiger partial charge in [-0.25, -0.2) is 14.8 Å². The lowest BCUT2D eigenvalue weighted by atomic mass is 10.2. The van der Waals surface area contributed by atoms with E-state index < -0.39 is 23.5 Å². The van der Waals surface area contributed by atoms with Crippen molar-refractivity contribution in [2.45, 2.75) is 12.5 Å². The van der Waals surface area contributed by atoms with Crippen LogP contribution in [0.5, 0.6) is 5.75 Å². The quantitative estimate of drug-likeness (QED) is 0.238. The Morgan fingerprint density at radius 3 is 2.64 bits per heavy atom. The molecule has 0 saturated carbocycles. The number of fused-ring (bicyclic) bond motifs is 1. The summed E-state index contributed by atoms with van der Waals surface area (Å²) >= 11 is 4.64. The third-order valence-corrected chi connectivity index (χ3v) is 4.33. The molecule has 0 aromatic carbocycles. The molecule has 3 aromatic heterocycles. The van der Waals surface area contributed by atoms with Gasteiger partial charge in [0.2, 0.25) is 5.95 Å². The van der Waals surface area contributed by atoms with Gasteiger partial charge >= 0.3 is 5.97 Å². The van der Waals surface area contributed by atoms with Gasteiger partial charge in [0.15, 0.2) is 0 Å². The van der Waals surface area contributed by atoms with Crippen molar-refractivity contribution in [2.75, 3.05) is 31.4 Å². The van der Waals surface area contributed by atoms with Crippen molar-refractivity contribution in [2.24, 2.45) is 0 Å². The summed E-state index contributed by atoms with van der Waals surface area (Å²) in [5.41, 5.74) is 3.97. The molecule has 0 aliphatic rings. The topological polar surface area (TPSA) is 163 Å². The number of nitrogens with zero attached hydrogens (tertiary/aromatic N) is 3. The summed E-state index contributed by atoms with van der Waals surface area (Å²) in [6.45, 7) is 1.02. The number of alkyl halides is 1. The number of ether oxygens (including phenoxy) is 1. The maximum atomic E-state index is 12.5. The van der Waals surface area contributed by atoms with E-state index in [9.17, 15) is 19.5 Å².